The Morgan fingerprint density at radius 1 is 1.43 bits per heavy atom. The van der Waals surface area contributed by atoms with E-state index in [2.05, 4.69) is 0 Å². The van der Waals surface area contributed by atoms with Gasteiger partial charge >= 0.3 is 5.97 Å². The number of hydrogen-bond acceptors (Lipinski definition) is 5. The summed E-state index contributed by atoms with van der Waals surface area (Å²) in [5.41, 5.74) is -1.69. The van der Waals surface area contributed by atoms with Crippen molar-refractivity contribution in [2.75, 3.05) is 0 Å². The van der Waals surface area contributed by atoms with E-state index in [0.29, 0.717) is 0 Å². The van der Waals surface area contributed by atoms with Crippen LogP contribution in [0.1, 0.15) is 13.8 Å². The number of carboxylic acid groups (broad SMARTS) is 1. The number of carbonyl (C=O) groups is 1. The molecular formula is C8H12O6. The molecule has 1 unspecified atom stereocenters. The highest BCUT2D eigenvalue weighted by Crippen LogP contribution is 2.53. The highest BCUT2D eigenvalue weighted by Gasteiger charge is 2.76. The van der Waals surface area contributed by atoms with Crippen LogP contribution in [0.2, 0.25) is 0 Å². The summed E-state index contributed by atoms with van der Waals surface area (Å²) >= 11 is 0. The van der Waals surface area contributed by atoms with Gasteiger partial charge in [0.25, 0.3) is 0 Å². The summed E-state index contributed by atoms with van der Waals surface area (Å²) in [4.78, 5) is 10.7. The van der Waals surface area contributed by atoms with Crippen LogP contribution in [0.15, 0.2) is 0 Å². The largest absolute Gasteiger partial charge is 0.479 e. The van der Waals surface area contributed by atoms with E-state index in [9.17, 15) is 15.0 Å². The molecule has 2 fully saturated rings. The summed E-state index contributed by atoms with van der Waals surface area (Å²) in [6, 6.07) is 0. The number of aliphatic hydroxyl groups excluding tert-OH is 1. The highest BCUT2D eigenvalue weighted by molar-refractivity contribution is 5.74. The van der Waals surface area contributed by atoms with Crippen LogP contribution in [0.3, 0.4) is 0 Å². The lowest BCUT2D eigenvalue weighted by atomic mass is 9.91. The molecule has 14 heavy (non-hydrogen) atoms. The molecule has 2 aliphatic rings. The van der Waals surface area contributed by atoms with Gasteiger partial charge in [-0.25, -0.2) is 4.79 Å². The predicted octanol–water partition coefficient (Wildman–Crippen LogP) is -1.30. The molecule has 5 atom stereocenters. The van der Waals surface area contributed by atoms with Gasteiger partial charge in [0.15, 0.2) is 6.10 Å². The molecule has 3 N–H and O–H groups in total. The van der Waals surface area contributed by atoms with E-state index in [4.69, 9.17) is 14.6 Å². The van der Waals surface area contributed by atoms with Gasteiger partial charge in [-0.2, -0.15) is 0 Å². The van der Waals surface area contributed by atoms with E-state index in [0.717, 1.165) is 0 Å². The summed E-state index contributed by atoms with van der Waals surface area (Å²) in [5.74, 6) is -2.66. The molecule has 0 aromatic heterocycles. The molecule has 1 spiro atoms. The molecular weight excluding hydrogens is 192 g/mol. The van der Waals surface area contributed by atoms with Gasteiger partial charge in [-0.05, 0) is 13.8 Å². The second kappa shape index (κ2) is 2.46. The molecule has 0 saturated carbocycles. The number of rotatable bonds is 1. The first-order chi connectivity index (χ1) is 6.33. The Kier molecular flexibility index (Phi) is 1.73. The maximum atomic E-state index is 10.7. The quantitative estimate of drug-likeness (QED) is 0.459. The average molecular weight is 204 g/mol. The predicted molar refractivity (Wildman–Crippen MR) is 42.4 cm³/mol. The zero-order chi connectivity index (χ0) is 10.7. The highest BCUT2D eigenvalue weighted by atomic mass is 16.8. The number of hydrogen-bond donors (Lipinski definition) is 3. The first-order valence-electron chi connectivity index (χ1n) is 4.32. The van der Waals surface area contributed by atoms with Crippen LogP contribution in [0, 0.1) is 0 Å². The van der Waals surface area contributed by atoms with Gasteiger partial charge in [0, 0.05) is 0 Å². The zero-order valence-electron chi connectivity index (χ0n) is 7.80. The van der Waals surface area contributed by atoms with E-state index in [1.54, 1.807) is 6.92 Å². The molecule has 0 bridgehead atoms. The third-order valence-corrected chi connectivity index (χ3v) is 2.94. The van der Waals surface area contributed by atoms with Crippen LogP contribution in [-0.2, 0) is 14.3 Å². The standard InChI is InChI=1S/C8H12O6/c1-3-8(13-3)7(2,12)5(9)4(14-8)6(10)11/h3-5,9,12H,1-2H3,(H,10,11)/t3?,4-,5+,7+,8+/m0/s1. The summed E-state index contributed by atoms with van der Waals surface area (Å²) in [5, 5.41) is 28.1. The average Bonchev–Trinajstić information content (AvgIpc) is 2.67. The lowest BCUT2D eigenvalue weighted by Gasteiger charge is -2.23. The van der Waals surface area contributed by atoms with Crippen LogP contribution in [0.4, 0.5) is 0 Å². The monoisotopic (exact) mass is 204 g/mol. The third kappa shape index (κ3) is 0.912. The summed E-state index contributed by atoms with van der Waals surface area (Å²) in [6.45, 7) is 2.95. The molecule has 0 aromatic carbocycles. The molecule has 0 aliphatic carbocycles. The van der Waals surface area contributed by atoms with E-state index < -0.39 is 35.7 Å². The third-order valence-electron chi connectivity index (χ3n) is 2.94. The van der Waals surface area contributed by atoms with Crippen molar-refractivity contribution in [1.29, 1.82) is 0 Å². The second-order valence-corrected chi connectivity index (χ2v) is 3.90. The second-order valence-electron chi connectivity index (χ2n) is 3.90. The Balaban J connectivity index is 2.30. The maximum Gasteiger partial charge on any atom is 0.335 e. The molecule has 2 rings (SSSR count). The van der Waals surface area contributed by atoms with Crippen molar-refractivity contribution in [3.05, 3.63) is 0 Å². The number of aliphatic hydroxyl groups is 2. The molecule has 6 nitrogen and oxygen atoms in total. The molecule has 0 amide bonds. The molecule has 2 heterocycles. The molecule has 0 aromatic rings. The maximum absolute atomic E-state index is 10.7. The topological polar surface area (TPSA) is 99.5 Å². The fraction of sp³-hybridized carbons (Fsp3) is 0.875. The van der Waals surface area contributed by atoms with Gasteiger partial charge in [0.1, 0.15) is 17.8 Å². The number of ether oxygens (including phenoxy) is 2. The van der Waals surface area contributed by atoms with E-state index >= 15 is 0 Å². The van der Waals surface area contributed by atoms with Crippen molar-refractivity contribution in [3.8, 4) is 0 Å². The Bertz CT molecular complexity index is 288. The zero-order valence-corrected chi connectivity index (χ0v) is 7.80. The number of epoxide rings is 1. The van der Waals surface area contributed by atoms with Crippen molar-refractivity contribution in [2.45, 2.75) is 43.5 Å². The Hall–Kier alpha value is -0.690. The summed E-state index contributed by atoms with van der Waals surface area (Å²) < 4.78 is 10.1. The van der Waals surface area contributed by atoms with E-state index in [-0.39, 0.29) is 0 Å². The van der Waals surface area contributed by atoms with Crippen LogP contribution in [0.5, 0.6) is 0 Å². The first kappa shape index (κ1) is 9.85. The van der Waals surface area contributed by atoms with Crippen molar-refractivity contribution < 1.29 is 29.6 Å². The lowest BCUT2D eigenvalue weighted by Crippen LogP contribution is -2.49. The number of aliphatic carboxylic acids is 1. The molecule has 2 aliphatic heterocycles. The van der Waals surface area contributed by atoms with Crippen LogP contribution in [-0.4, -0.2) is 51.0 Å². The summed E-state index contributed by atoms with van der Waals surface area (Å²) in [7, 11) is 0. The van der Waals surface area contributed by atoms with Gasteiger partial charge in [-0.3, -0.25) is 0 Å². The van der Waals surface area contributed by atoms with Gasteiger partial charge < -0.3 is 24.8 Å². The van der Waals surface area contributed by atoms with E-state index in [1.807, 2.05) is 0 Å². The Labute approximate surface area is 80.1 Å². The lowest BCUT2D eigenvalue weighted by molar-refractivity contribution is -0.159. The van der Waals surface area contributed by atoms with Crippen LogP contribution in [0.25, 0.3) is 0 Å². The van der Waals surface area contributed by atoms with Crippen molar-refractivity contribution in [3.63, 3.8) is 0 Å². The fourth-order valence-electron chi connectivity index (χ4n) is 1.94. The molecule has 80 valence electrons. The molecule has 0 radical (unpaired) electrons. The molecule has 6 heteroatoms. The normalized spacial score (nSPS) is 56.4. The van der Waals surface area contributed by atoms with Gasteiger partial charge in [-0.15, -0.1) is 0 Å². The first-order valence-corrected chi connectivity index (χ1v) is 4.32. The van der Waals surface area contributed by atoms with Crippen LogP contribution < -0.4 is 0 Å². The van der Waals surface area contributed by atoms with Crippen molar-refractivity contribution in [1.82, 2.24) is 0 Å². The minimum atomic E-state index is -1.69. The Morgan fingerprint density at radius 3 is 2.14 bits per heavy atom. The van der Waals surface area contributed by atoms with Crippen molar-refractivity contribution >= 4 is 5.97 Å². The van der Waals surface area contributed by atoms with E-state index in [1.165, 1.54) is 6.92 Å². The summed E-state index contributed by atoms with van der Waals surface area (Å²) in [6.07, 6.45) is -3.32. The fourth-order valence-corrected chi connectivity index (χ4v) is 1.94. The Morgan fingerprint density at radius 2 is 1.93 bits per heavy atom. The minimum Gasteiger partial charge on any atom is -0.479 e. The van der Waals surface area contributed by atoms with Gasteiger partial charge in [-0.1, -0.05) is 0 Å². The van der Waals surface area contributed by atoms with Gasteiger partial charge in [0.05, 0.1) is 0 Å². The smallest absolute Gasteiger partial charge is 0.335 e. The minimum absolute atomic E-state index is 0.406. The van der Waals surface area contributed by atoms with Gasteiger partial charge in [0.2, 0.25) is 5.79 Å². The van der Waals surface area contributed by atoms with Crippen molar-refractivity contribution in [2.24, 2.45) is 0 Å². The van der Waals surface area contributed by atoms with Crippen LogP contribution >= 0.6 is 0 Å². The molecule has 2 saturated heterocycles. The SMILES string of the molecule is CC1O[C@@]12O[C@H](C(=O)O)[C@@H](O)[C@@]2(C)O. The number of carboxylic acids is 1.